The van der Waals surface area contributed by atoms with Crippen LogP contribution in [0.5, 0.6) is 0 Å². The van der Waals surface area contributed by atoms with Gasteiger partial charge in [0, 0.05) is 6.61 Å². The predicted molar refractivity (Wildman–Crippen MR) is 47.3 cm³/mol. The molecule has 1 fully saturated rings. The predicted octanol–water partition coefficient (Wildman–Crippen LogP) is 2.36. The maximum Gasteiger partial charge on any atom is 0.0470 e. The summed E-state index contributed by atoms with van der Waals surface area (Å²) in [6.07, 6.45) is 1.10. The lowest BCUT2D eigenvalue weighted by molar-refractivity contribution is 0.0833. The van der Waals surface area contributed by atoms with Crippen LogP contribution in [0.2, 0.25) is 0 Å². The average molecular weight is 154 g/mol. The van der Waals surface area contributed by atoms with Gasteiger partial charge < -0.3 is 5.11 Å². The average Bonchev–Trinajstić information content (AvgIpc) is 1.85. The highest BCUT2D eigenvalue weighted by molar-refractivity contribution is 5.28. The Labute approximate surface area is 69.1 Å². The molecule has 1 heteroatoms. The van der Waals surface area contributed by atoms with Crippen LogP contribution < -0.4 is 0 Å². The molecule has 0 unspecified atom stereocenters. The molecular formula is C10H18O. The maximum atomic E-state index is 9.00. The van der Waals surface area contributed by atoms with E-state index < -0.39 is 0 Å². The van der Waals surface area contributed by atoms with Gasteiger partial charge in [-0.25, -0.2) is 0 Å². The monoisotopic (exact) mass is 154 g/mol. The van der Waals surface area contributed by atoms with E-state index in [2.05, 4.69) is 27.7 Å². The van der Waals surface area contributed by atoms with Gasteiger partial charge in [-0.15, -0.1) is 0 Å². The van der Waals surface area contributed by atoms with Crippen LogP contribution in [-0.4, -0.2) is 11.7 Å². The molecule has 0 aromatic rings. The third-order valence-corrected chi connectivity index (χ3v) is 3.07. The Morgan fingerprint density at radius 2 is 2.09 bits per heavy atom. The third-order valence-electron chi connectivity index (χ3n) is 3.07. The molecule has 11 heavy (non-hydrogen) atoms. The van der Waals surface area contributed by atoms with E-state index in [-0.39, 0.29) is 5.41 Å². The first-order chi connectivity index (χ1) is 5.00. The molecule has 0 aromatic carbocycles. The van der Waals surface area contributed by atoms with E-state index in [0.29, 0.717) is 12.5 Å². The molecule has 0 aromatic heterocycles. The topological polar surface area (TPSA) is 20.2 Å². The van der Waals surface area contributed by atoms with Crippen molar-refractivity contribution in [2.75, 3.05) is 6.61 Å². The van der Waals surface area contributed by atoms with Gasteiger partial charge in [-0.05, 0) is 31.6 Å². The Morgan fingerprint density at radius 3 is 2.36 bits per heavy atom. The Kier molecular flexibility index (Phi) is 2.10. The summed E-state index contributed by atoms with van der Waals surface area (Å²) in [5.41, 5.74) is 3.23. The van der Waals surface area contributed by atoms with Crippen LogP contribution in [-0.2, 0) is 0 Å². The van der Waals surface area contributed by atoms with Crippen molar-refractivity contribution in [2.45, 2.75) is 34.1 Å². The molecule has 0 radical (unpaired) electrons. The van der Waals surface area contributed by atoms with Gasteiger partial charge in [-0.2, -0.15) is 0 Å². The van der Waals surface area contributed by atoms with Gasteiger partial charge in [0.05, 0.1) is 0 Å². The zero-order chi connectivity index (χ0) is 8.65. The second-order valence-electron chi connectivity index (χ2n) is 4.28. The fraction of sp³-hybridized carbons (Fsp3) is 0.800. The molecule has 1 N–H and O–H groups in total. The molecule has 0 saturated heterocycles. The Morgan fingerprint density at radius 1 is 1.55 bits per heavy atom. The maximum absolute atomic E-state index is 9.00. The Bertz CT molecular complexity index is 185. The zero-order valence-corrected chi connectivity index (χ0v) is 7.94. The normalized spacial score (nSPS) is 28.1. The van der Waals surface area contributed by atoms with Crippen molar-refractivity contribution in [1.82, 2.24) is 0 Å². The lowest BCUT2D eigenvalue weighted by Crippen LogP contribution is -2.40. The highest BCUT2D eigenvalue weighted by Gasteiger charge is 2.42. The first-order valence-electron chi connectivity index (χ1n) is 4.27. The minimum atomic E-state index is 0.258. The first kappa shape index (κ1) is 8.79. The lowest BCUT2D eigenvalue weighted by Gasteiger charge is -2.47. The summed E-state index contributed by atoms with van der Waals surface area (Å²) in [6.45, 7) is 9.10. The van der Waals surface area contributed by atoms with Gasteiger partial charge in [0.1, 0.15) is 0 Å². The van der Waals surface area contributed by atoms with Crippen LogP contribution in [0.4, 0.5) is 0 Å². The fourth-order valence-electron chi connectivity index (χ4n) is 2.02. The van der Waals surface area contributed by atoms with Gasteiger partial charge in [-0.3, -0.25) is 0 Å². The van der Waals surface area contributed by atoms with Crippen LogP contribution in [0.1, 0.15) is 34.1 Å². The van der Waals surface area contributed by atoms with Crippen LogP contribution >= 0.6 is 0 Å². The van der Waals surface area contributed by atoms with Crippen molar-refractivity contribution in [3.8, 4) is 0 Å². The molecule has 1 aliphatic rings. The van der Waals surface area contributed by atoms with Crippen molar-refractivity contribution in [1.29, 1.82) is 0 Å². The van der Waals surface area contributed by atoms with Crippen LogP contribution in [0.3, 0.4) is 0 Å². The standard InChI is InChI=1S/C10H18O/c1-7(2)9-5-8(6-11)10(9,3)4/h8,11H,5-6H2,1-4H3/t8-/m0/s1. The summed E-state index contributed by atoms with van der Waals surface area (Å²) in [5.74, 6) is 0.493. The third kappa shape index (κ3) is 1.22. The van der Waals surface area contributed by atoms with Crippen molar-refractivity contribution in [3.05, 3.63) is 11.1 Å². The highest BCUT2D eigenvalue weighted by Crippen LogP contribution is 2.51. The minimum Gasteiger partial charge on any atom is -0.396 e. The summed E-state index contributed by atoms with van der Waals surface area (Å²) in [4.78, 5) is 0. The van der Waals surface area contributed by atoms with E-state index in [1.807, 2.05) is 0 Å². The SMILES string of the molecule is CC(C)=C1C[C@@H](CO)C1(C)C. The molecule has 1 saturated carbocycles. The zero-order valence-electron chi connectivity index (χ0n) is 7.94. The first-order valence-corrected chi connectivity index (χ1v) is 4.27. The van der Waals surface area contributed by atoms with Crippen molar-refractivity contribution < 1.29 is 5.11 Å². The van der Waals surface area contributed by atoms with Gasteiger partial charge >= 0.3 is 0 Å². The molecule has 0 bridgehead atoms. The largest absolute Gasteiger partial charge is 0.396 e. The summed E-state index contributed by atoms with van der Waals surface area (Å²) >= 11 is 0. The van der Waals surface area contributed by atoms with Crippen LogP contribution in [0, 0.1) is 11.3 Å². The summed E-state index contributed by atoms with van der Waals surface area (Å²) in [7, 11) is 0. The highest BCUT2D eigenvalue weighted by atomic mass is 16.3. The molecule has 0 heterocycles. The summed E-state index contributed by atoms with van der Waals surface area (Å²) < 4.78 is 0. The number of hydrogen-bond donors (Lipinski definition) is 1. The molecule has 1 rings (SSSR count). The molecule has 1 atom stereocenters. The van der Waals surface area contributed by atoms with Crippen LogP contribution in [0.15, 0.2) is 11.1 Å². The number of allylic oxidation sites excluding steroid dienone is 2. The molecule has 64 valence electrons. The second-order valence-corrected chi connectivity index (χ2v) is 4.28. The fourth-order valence-corrected chi connectivity index (χ4v) is 2.02. The molecule has 0 amide bonds. The van der Waals surface area contributed by atoms with Crippen molar-refractivity contribution >= 4 is 0 Å². The quantitative estimate of drug-likeness (QED) is 0.575. The molecule has 1 aliphatic carbocycles. The minimum absolute atomic E-state index is 0.258. The number of hydrogen-bond acceptors (Lipinski definition) is 1. The lowest BCUT2D eigenvalue weighted by atomic mass is 9.58. The second kappa shape index (κ2) is 2.63. The van der Waals surface area contributed by atoms with Crippen molar-refractivity contribution in [2.24, 2.45) is 11.3 Å². The summed E-state index contributed by atoms with van der Waals surface area (Å²) in [6, 6.07) is 0. The molecular weight excluding hydrogens is 136 g/mol. The van der Waals surface area contributed by atoms with E-state index in [9.17, 15) is 0 Å². The Hall–Kier alpha value is -0.300. The van der Waals surface area contributed by atoms with Crippen molar-refractivity contribution in [3.63, 3.8) is 0 Å². The number of rotatable bonds is 1. The van der Waals surface area contributed by atoms with E-state index >= 15 is 0 Å². The van der Waals surface area contributed by atoms with E-state index in [4.69, 9.17) is 5.11 Å². The van der Waals surface area contributed by atoms with Crippen LogP contribution in [0.25, 0.3) is 0 Å². The number of aliphatic hydroxyl groups excluding tert-OH is 1. The number of aliphatic hydroxyl groups is 1. The van der Waals surface area contributed by atoms with Gasteiger partial charge in [0.2, 0.25) is 0 Å². The van der Waals surface area contributed by atoms with E-state index in [0.717, 1.165) is 6.42 Å². The van der Waals surface area contributed by atoms with E-state index in [1.54, 1.807) is 0 Å². The van der Waals surface area contributed by atoms with Gasteiger partial charge in [0.15, 0.2) is 0 Å². The molecule has 1 nitrogen and oxygen atoms in total. The van der Waals surface area contributed by atoms with Gasteiger partial charge in [-0.1, -0.05) is 25.0 Å². The molecule has 0 spiro atoms. The van der Waals surface area contributed by atoms with E-state index in [1.165, 1.54) is 11.1 Å². The Balaban J connectivity index is 2.77. The van der Waals surface area contributed by atoms with Gasteiger partial charge in [0.25, 0.3) is 0 Å². The summed E-state index contributed by atoms with van der Waals surface area (Å²) in [5, 5.41) is 9.00. The smallest absolute Gasteiger partial charge is 0.0470 e. The molecule has 0 aliphatic heterocycles.